The fourth-order valence-electron chi connectivity index (χ4n) is 2.08. The van der Waals surface area contributed by atoms with Gasteiger partial charge in [-0.3, -0.25) is 4.98 Å². The molecule has 2 atom stereocenters. The average Bonchev–Trinajstić information content (AvgIpc) is 2.39. The maximum absolute atomic E-state index is 13.9. The molecule has 2 unspecified atom stereocenters. The zero-order chi connectivity index (χ0) is 14.7. The maximum atomic E-state index is 13.9. The van der Waals surface area contributed by atoms with Gasteiger partial charge in [-0.1, -0.05) is 22.0 Å². The molecule has 0 spiro atoms. The van der Waals surface area contributed by atoms with E-state index in [1.807, 2.05) is 0 Å². The smallest absolute Gasteiger partial charge is 0.133 e. The van der Waals surface area contributed by atoms with Crippen molar-refractivity contribution in [1.82, 2.24) is 4.98 Å². The first kappa shape index (κ1) is 15.0. The van der Waals surface area contributed by atoms with Gasteiger partial charge >= 0.3 is 0 Å². The van der Waals surface area contributed by atoms with Crippen LogP contribution in [0.3, 0.4) is 0 Å². The van der Waals surface area contributed by atoms with Crippen LogP contribution < -0.4 is 5.73 Å². The number of aliphatic hydroxyl groups is 1. The van der Waals surface area contributed by atoms with Crippen LogP contribution in [0.1, 0.15) is 23.1 Å². The van der Waals surface area contributed by atoms with Gasteiger partial charge in [0.15, 0.2) is 0 Å². The van der Waals surface area contributed by atoms with E-state index in [2.05, 4.69) is 20.9 Å². The van der Waals surface area contributed by atoms with Crippen LogP contribution in [-0.2, 0) is 0 Å². The SMILES string of the molecule is NCC(c1cccnc1)C(O)c1c(F)cc(Br)cc1F. The van der Waals surface area contributed by atoms with Crippen molar-refractivity contribution in [3.63, 3.8) is 0 Å². The number of hydrogen-bond acceptors (Lipinski definition) is 3. The van der Waals surface area contributed by atoms with Crippen LogP contribution in [0.2, 0.25) is 0 Å². The van der Waals surface area contributed by atoms with Gasteiger partial charge in [0, 0.05) is 29.3 Å². The van der Waals surface area contributed by atoms with E-state index >= 15 is 0 Å². The molecular formula is C14H13BrF2N2O. The highest BCUT2D eigenvalue weighted by molar-refractivity contribution is 9.10. The predicted octanol–water partition coefficient (Wildman–Crippen LogP) is 2.90. The van der Waals surface area contributed by atoms with E-state index in [-0.39, 0.29) is 16.6 Å². The lowest BCUT2D eigenvalue weighted by Gasteiger charge is -2.22. The second-order valence-electron chi connectivity index (χ2n) is 4.36. The Hall–Kier alpha value is -1.37. The minimum absolute atomic E-state index is 0.0435. The summed E-state index contributed by atoms with van der Waals surface area (Å²) in [7, 11) is 0. The molecule has 0 radical (unpaired) electrons. The second kappa shape index (κ2) is 6.39. The molecule has 0 bridgehead atoms. The van der Waals surface area contributed by atoms with E-state index in [9.17, 15) is 13.9 Å². The van der Waals surface area contributed by atoms with Crippen LogP contribution in [0.25, 0.3) is 0 Å². The zero-order valence-electron chi connectivity index (χ0n) is 10.4. The van der Waals surface area contributed by atoms with Gasteiger partial charge in [-0.15, -0.1) is 0 Å². The monoisotopic (exact) mass is 342 g/mol. The van der Waals surface area contributed by atoms with Crippen molar-refractivity contribution < 1.29 is 13.9 Å². The highest BCUT2D eigenvalue weighted by atomic mass is 79.9. The largest absolute Gasteiger partial charge is 0.388 e. The van der Waals surface area contributed by atoms with E-state index in [0.29, 0.717) is 5.56 Å². The Bertz CT molecular complexity index is 572. The molecule has 20 heavy (non-hydrogen) atoms. The number of nitrogens with zero attached hydrogens (tertiary/aromatic N) is 1. The van der Waals surface area contributed by atoms with Gasteiger partial charge in [-0.25, -0.2) is 8.78 Å². The summed E-state index contributed by atoms with van der Waals surface area (Å²) >= 11 is 3.00. The average molecular weight is 343 g/mol. The molecule has 0 saturated heterocycles. The Labute approximate surface area is 123 Å². The van der Waals surface area contributed by atoms with Crippen molar-refractivity contribution in [2.24, 2.45) is 5.73 Å². The number of benzene rings is 1. The summed E-state index contributed by atoms with van der Waals surface area (Å²) in [6, 6.07) is 5.61. The highest BCUT2D eigenvalue weighted by Gasteiger charge is 2.27. The van der Waals surface area contributed by atoms with E-state index in [4.69, 9.17) is 5.73 Å². The first-order valence-electron chi connectivity index (χ1n) is 5.97. The molecule has 0 amide bonds. The van der Waals surface area contributed by atoms with Gasteiger partial charge in [0.05, 0.1) is 11.7 Å². The van der Waals surface area contributed by atoms with Gasteiger partial charge < -0.3 is 10.8 Å². The highest BCUT2D eigenvalue weighted by Crippen LogP contribution is 2.34. The molecule has 1 aromatic heterocycles. The molecule has 0 saturated carbocycles. The van der Waals surface area contributed by atoms with E-state index < -0.39 is 23.7 Å². The molecule has 0 aliphatic rings. The zero-order valence-corrected chi connectivity index (χ0v) is 12.0. The third-order valence-corrected chi connectivity index (χ3v) is 3.55. The topological polar surface area (TPSA) is 59.1 Å². The Kier molecular flexibility index (Phi) is 4.80. The normalized spacial score (nSPS) is 14.1. The second-order valence-corrected chi connectivity index (χ2v) is 5.27. The Morgan fingerprint density at radius 1 is 1.30 bits per heavy atom. The third-order valence-electron chi connectivity index (χ3n) is 3.09. The Balaban J connectivity index is 2.42. The summed E-state index contributed by atoms with van der Waals surface area (Å²) in [5, 5.41) is 10.3. The number of hydrogen-bond donors (Lipinski definition) is 2. The standard InChI is InChI=1S/C14H13BrF2N2O/c15-9-4-11(16)13(12(17)5-9)14(20)10(6-18)8-2-1-3-19-7-8/h1-5,7,10,14,20H,6,18H2. The number of rotatable bonds is 4. The number of pyridine rings is 1. The van der Waals surface area contributed by atoms with E-state index in [0.717, 1.165) is 12.1 Å². The molecule has 0 fully saturated rings. The molecule has 0 aliphatic carbocycles. The van der Waals surface area contributed by atoms with Gasteiger partial charge in [0.25, 0.3) is 0 Å². The summed E-state index contributed by atoms with van der Waals surface area (Å²) in [6.45, 7) is 0.0435. The van der Waals surface area contributed by atoms with Gasteiger partial charge in [0.1, 0.15) is 11.6 Å². The summed E-state index contributed by atoms with van der Waals surface area (Å²) in [4.78, 5) is 3.93. The summed E-state index contributed by atoms with van der Waals surface area (Å²) in [5.74, 6) is -2.26. The fraction of sp³-hybridized carbons (Fsp3) is 0.214. The summed E-state index contributed by atoms with van der Waals surface area (Å²) in [6.07, 6.45) is 1.72. The van der Waals surface area contributed by atoms with Crippen molar-refractivity contribution in [1.29, 1.82) is 0 Å². The minimum atomic E-state index is -1.38. The van der Waals surface area contributed by atoms with Crippen LogP contribution in [0.4, 0.5) is 8.78 Å². The third kappa shape index (κ3) is 3.03. The minimum Gasteiger partial charge on any atom is -0.388 e. The molecule has 2 rings (SSSR count). The first-order chi connectivity index (χ1) is 9.54. The molecular weight excluding hydrogens is 330 g/mol. The lowest BCUT2D eigenvalue weighted by atomic mass is 9.89. The molecule has 106 valence electrons. The Morgan fingerprint density at radius 2 is 1.95 bits per heavy atom. The number of aromatic nitrogens is 1. The maximum Gasteiger partial charge on any atom is 0.133 e. The van der Waals surface area contributed by atoms with Crippen LogP contribution in [-0.4, -0.2) is 16.6 Å². The summed E-state index contributed by atoms with van der Waals surface area (Å²) in [5.41, 5.74) is 5.88. The molecule has 2 aromatic rings. The van der Waals surface area contributed by atoms with Crippen molar-refractivity contribution in [3.8, 4) is 0 Å². The van der Waals surface area contributed by atoms with Gasteiger partial charge in [0.2, 0.25) is 0 Å². The van der Waals surface area contributed by atoms with Crippen LogP contribution in [0.15, 0.2) is 41.1 Å². The first-order valence-corrected chi connectivity index (χ1v) is 6.76. The van der Waals surface area contributed by atoms with E-state index in [1.54, 1.807) is 18.3 Å². The molecule has 1 heterocycles. The fourth-order valence-corrected chi connectivity index (χ4v) is 2.48. The quantitative estimate of drug-likeness (QED) is 0.898. The molecule has 6 heteroatoms. The number of aliphatic hydroxyl groups excluding tert-OH is 1. The molecule has 3 N–H and O–H groups in total. The van der Waals surface area contributed by atoms with Crippen molar-refractivity contribution in [3.05, 3.63) is 63.9 Å². The van der Waals surface area contributed by atoms with Crippen LogP contribution >= 0.6 is 15.9 Å². The van der Waals surface area contributed by atoms with Crippen molar-refractivity contribution in [2.75, 3.05) is 6.54 Å². The van der Waals surface area contributed by atoms with Gasteiger partial charge in [-0.2, -0.15) is 0 Å². The van der Waals surface area contributed by atoms with Gasteiger partial charge in [-0.05, 0) is 23.8 Å². The summed E-state index contributed by atoms with van der Waals surface area (Å²) < 4.78 is 28.0. The van der Waals surface area contributed by atoms with Crippen LogP contribution in [0, 0.1) is 11.6 Å². The molecule has 1 aromatic carbocycles. The molecule has 3 nitrogen and oxygen atoms in total. The molecule has 0 aliphatic heterocycles. The number of nitrogens with two attached hydrogens (primary N) is 1. The van der Waals surface area contributed by atoms with E-state index in [1.165, 1.54) is 6.20 Å². The number of halogens is 3. The predicted molar refractivity (Wildman–Crippen MR) is 75.1 cm³/mol. The Morgan fingerprint density at radius 3 is 2.45 bits per heavy atom. The van der Waals surface area contributed by atoms with Crippen molar-refractivity contribution in [2.45, 2.75) is 12.0 Å². The van der Waals surface area contributed by atoms with Crippen LogP contribution in [0.5, 0.6) is 0 Å². The van der Waals surface area contributed by atoms with Crippen molar-refractivity contribution >= 4 is 15.9 Å². The lowest BCUT2D eigenvalue weighted by molar-refractivity contribution is 0.138. The lowest BCUT2D eigenvalue weighted by Crippen LogP contribution is -2.22.